The summed E-state index contributed by atoms with van der Waals surface area (Å²) in [6.45, 7) is 0. The van der Waals surface area contributed by atoms with E-state index in [0.717, 1.165) is 25.7 Å². The van der Waals surface area contributed by atoms with Crippen LogP contribution in [0.25, 0.3) is 10.9 Å². The van der Waals surface area contributed by atoms with Crippen molar-refractivity contribution in [2.45, 2.75) is 0 Å². The highest BCUT2D eigenvalue weighted by Crippen LogP contribution is 2.29. The molecule has 1 aromatic carbocycles. The van der Waals surface area contributed by atoms with E-state index in [-0.39, 0.29) is 0 Å². The van der Waals surface area contributed by atoms with Crippen molar-refractivity contribution in [3.63, 3.8) is 0 Å². The molecule has 2 rings (SSSR count). The predicted octanol–water partition coefficient (Wildman–Crippen LogP) is 3.08. The number of hydrogen-bond donors (Lipinski definition) is 1. The van der Waals surface area contributed by atoms with Crippen molar-refractivity contribution >= 4 is 53.0 Å². The van der Waals surface area contributed by atoms with E-state index in [9.17, 15) is 0 Å². The molecule has 4 heteroatoms. The number of benzene rings is 1. The van der Waals surface area contributed by atoms with Gasteiger partial charge >= 0.3 is 0 Å². The first-order chi connectivity index (χ1) is 5.70. The molecule has 1 atom stereocenters. The third-order valence-electron chi connectivity index (χ3n) is 1.77. The summed E-state index contributed by atoms with van der Waals surface area (Å²) in [6.07, 6.45) is 1.80. The van der Waals surface area contributed by atoms with E-state index in [1.165, 1.54) is 0 Å². The number of rotatable bonds is 0. The molecular weight excluding hydrogens is 256 g/mol. The van der Waals surface area contributed by atoms with Gasteiger partial charge in [0.1, 0.15) is 0 Å². The van der Waals surface area contributed by atoms with Gasteiger partial charge in [0.2, 0.25) is 0 Å². The zero-order chi connectivity index (χ0) is 8.72. The summed E-state index contributed by atoms with van der Waals surface area (Å²) in [5.41, 5.74) is 1.07. The summed E-state index contributed by atoms with van der Waals surface area (Å²) in [5.74, 6) is 0. The Morgan fingerprint density at radius 1 is 1.42 bits per heavy atom. The third kappa shape index (κ3) is 1.19. The molecule has 62 valence electrons. The Morgan fingerprint density at radius 3 is 2.83 bits per heavy atom. The van der Waals surface area contributed by atoms with Crippen LogP contribution < -0.4 is 5.30 Å². The van der Waals surface area contributed by atoms with Gasteiger partial charge in [0.05, 0.1) is 10.5 Å². The van der Waals surface area contributed by atoms with E-state index in [2.05, 4.69) is 30.2 Å². The minimum absolute atomic E-state index is 0.751. The molecule has 0 aliphatic carbocycles. The van der Waals surface area contributed by atoms with Crippen LogP contribution in [0.5, 0.6) is 0 Å². The Balaban J connectivity index is 2.98. The number of fused-ring (bicyclic) bond motifs is 1. The van der Waals surface area contributed by atoms with Crippen molar-refractivity contribution in [1.82, 2.24) is 4.98 Å². The second-order valence-corrected chi connectivity index (χ2v) is 4.41. The second-order valence-electron chi connectivity index (χ2n) is 2.52. The van der Waals surface area contributed by atoms with E-state index in [1.54, 1.807) is 6.20 Å². The van der Waals surface area contributed by atoms with Gasteiger partial charge in [-0.3, -0.25) is 0 Å². The van der Waals surface area contributed by atoms with E-state index < -0.39 is 0 Å². The zero-order valence-corrected chi connectivity index (χ0v) is 9.56. The fraction of sp³-hybridized carbons (Fsp3) is 0. The van der Waals surface area contributed by atoms with Crippen molar-refractivity contribution in [2.24, 2.45) is 0 Å². The van der Waals surface area contributed by atoms with Crippen LogP contribution in [-0.4, -0.2) is 4.98 Å². The molecule has 0 saturated heterocycles. The minimum Gasteiger partial charge on any atom is -0.359 e. The minimum atomic E-state index is 0.751. The zero-order valence-electron chi connectivity index (χ0n) is 6.07. The maximum Gasteiger partial charge on any atom is 0.0670 e. The van der Waals surface area contributed by atoms with Gasteiger partial charge < -0.3 is 4.98 Å². The van der Waals surface area contributed by atoms with Gasteiger partial charge in [0.25, 0.3) is 0 Å². The Hall–Kier alpha value is -0.0400. The SMILES string of the molecule is Pc1ccc(Br)c2c(Cl)c[nH]c12. The van der Waals surface area contributed by atoms with E-state index in [4.69, 9.17) is 11.6 Å². The highest BCUT2D eigenvalue weighted by Gasteiger charge is 2.06. The highest BCUT2D eigenvalue weighted by atomic mass is 79.9. The van der Waals surface area contributed by atoms with Gasteiger partial charge in [-0.1, -0.05) is 33.6 Å². The summed E-state index contributed by atoms with van der Waals surface area (Å²) < 4.78 is 1.02. The predicted molar refractivity (Wildman–Crippen MR) is 60.4 cm³/mol. The first-order valence-corrected chi connectivity index (χ1v) is 5.15. The largest absolute Gasteiger partial charge is 0.359 e. The van der Waals surface area contributed by atoms with Crippen LogP contribution in [0, 0.1) is 0 Å². The lowest BCUT2D eigenvalue weighted by Crippen LogP contribution is -1.91. The molecule has 0 amide bonds. The molecule has 0 radical (unpaired) electrons. The average molecular weight is 262 g/mol. The van der Waals surface area contributed by atoms with Gasteiger partial charge in [-0.25, -0.2) is 0 Å². The van der Waals surface area contributed by atoms with Crippen molar-refractivity contribution < 1.29 is 0 Å². The fourth-order valence-electron chi connectivity index (χ4n) is 1.19. The van der Waals surface area contributed by atoms with Crippen LogP contribution >= 0.6 is 36.8 Å². The van der Waals surface area contributed by atoms with Crippen LogP contribution in [0.4, 0.5) is 0 Å². The average Bonchev–Trinajstić information content (AvgIpc) is 2.42. The van der Waals surface area contributed by atoms with Gasteiger partial charge in [-0.05, 0) is 11.4 Å². The van der Waals surface area contributed by atoms with Crippen LogP contribution in [-0.2, 0) is 0 Å². The molecule has 0 bridgehead atoms. The van der Waals surface area contributed by atoms with Gasteiger partial charge in [-0.15, -0.1) is 9.24 Å². The van der Waals surface area contributed by atoms with Gasteiger partial charge in [-0.2, -0.15) is 0 Å². The number of aromatic amines is 1. The molecule has 2 aromatic rings. The molecular formula is C8H6BrClNP. The lowest BCUT2D eigenvalue weighted by molar-refractivity contribution is 1.49. The number of hydrogen-bond acceptors (Lipinski definition) is 0. The molecule has 1 heterocycles. The molecule has 0 fully saturated rings. The van der Waals surface area contributed by atoms with Crippen molar-refractivity contribution in [3.05, 3.63) is 27.8 Å². The van der Waals surface area contributed by atoms with E-state index >= 15 is 0 Å². The fourth-order valence-corrected chi connectivity index (χ4v) is 2.42. The van der Waals surface area contributed by atoms with Crippen LogP contribution in [0.15, 0.2) is 22.8 Å². The third-order valence-corrected chi connectivity index (χ3v) is 3.21. The molecule has 0 aliphatic rings. The quantitative estimate of drug-likeness (QED) is 0.702. The topological polar surface area (TPSA) is 15.8 Å². The first-order valence-electron chi connectivity index (χ1n) is 3.40. The summed E-state index contributed by atoms with van der Waals surface area (Å²) >= 11 is 9.43. The molecule has 1 nitrogen and oxygen atoms in total. The lowest BCUT2D eigenvalue weighted by atomic mass is 10.2. The van der Waals surface area contributed by atoms with Gasteiger partial charge in [0, 0.05) is 16.1 Å². The molecule has 0 saturated carbocycles. The monoisotopic (exact) mass is 261 g/mol. The second kappa shape index (κ2) is 3.02. The summed E-state index contributed by atoms with van der Waals surface area (Å²) in [4.78, 5) is 3.11. The van der Waals surface area contributed by atoms with Gasteiger partial charge in [0.15, 0.2) is 0 Å². The Bertz CT molecular complexity index is 438. The number of nitrogens with one attached hydrogen (secondary N) is 1. The summed E-state index contributed by atoms with van der Waals surface area (Å²) in [7, 11) is 2.67. The molecule has 0 aliphatic heterocycles. The normalized spacial score (nSPS) is 10.9. The molecule has 1 unspecified atom stereocenters. The standard InChI is InChI=1S/C8H6BrClNP/c9-4-1-2-6(12)8-7(4)5(10)3-11-8/h1-3,11H,12H2. The lowest BCUT2D eigenvalue weighted by Gasteiger charge is -1.97. The maximum atomic E-state index is 5.98. The Labute approximate surface area is 85.8 Å². The Morgan fingerprint density at radius 2 is 2.17 bits per heavy atom. The summed E-state index contributed by atoms with van der Waals surface area (Å²) in [6, 6.07) is 4.01. The van der Waals surface area contributed by atoms with Crippen molar-refractivity contribution in [3.8, 4) is 0 Å². The Kier molecular flexibility index (Phi) is 2.16. The molecule has 1 aromatic heterocycles. The maximum absolute atomic E-state index is 5.98. The molecule has 0 spiro atoms. The van der Waals surface area contributed by atoms with Crippen molar-refractivity contribution in [1.29, 1.82) is 0 Å². The molecule has 1 N–H and O–H groups in total. The van der Waals surface area contributed by atoms with Crippen molar-refractivity contribution in [2.75, 3.05) is 0 Å². The molecule has 12 heavy (non-hydrogen) atoms. The highest BCUT2D eigenvalue weighted by molar-refractivity contribution is 9.10. The van der Waals surface area contributed by atoms with E-state index in [0.29, 0.717) is 0 Å². The van der Waals surface area contributed by atoms with E-state index in [1.807, 2.05) is 12.1 Å². The van der Waals surface area contributed by atoms with Crippen LogP contribution in [0.2, 0.25) is 5.02 Å². The van der Waals surface area contributed by atoms with Crippen LogP contribution in [0.3, 0.4) is 0 Å². The first kappa shape index (κ1) is 8.55. The smallest absolute Gasteiger partial charge is 0.0670 e. The number of halogens is 2. The van der Waals surface area contributed by atoms with Crippen LogP contribution in [0.1, 0.15) is 0 Å². The number of aromatic nitrogens is 1. The summed E-state index contributed by atoms with van der Waals surface area (Å²) in [5, 5.41) is 2.92. The number of H-pyrrole nitrogens is 1.